The molecule has 1 aliphatic rings. The van der Waals surface area contributed by atoms with E-state index in [-0.39, 0.29) is 6.10 Å². The zero-order chi connectivity index (χ0) is 23.7. The van der Waals surface area contributed by atoms with E-state index in [1.54, 1.807) is 0 Å². The zero-order valence-electron chi connectivity index (χ0n) is 20.2. The molecule has 1 aromatic carbocycles. The number of hydrogen-bond donors (Lipinski definition) is 0. The fourth-order valence-electron chi connectivity index (χ4n) is 4.66. The van der Waals surface area contributed by atoms with Gasteiger partial charge in [0.15, 0.2) is 0 Å². The second kappa shape index (κ2) is 13.2. The molecule has 178 valence electrons. The topological polar surface area (TPSA) is 35.5 Å². The largest absolute Gasteiger partial charge is 0.461 e. The molecule has 1 saturated carbocycles. The Balaban J connectivity index is 2.42. The molecule has 2 atom stereocenters. The minimum atomic E-state index is -0.921. The molecule has 0 heterocycles. The standard InChI is InChI=1S/C27H38ClFO3/c1-6-22-23(15-13-18(4)12-14-20-10-9-11-21(30)16-20)27(32-17-29)26(28)19(5)25(22)24(7-2)31-8-3/h12-14,20,24H,6-11,15-17H2,1-5H3/b14-12+,18-13+. The Morgan fingerprint density at radius 1 is 1.28 bits per heavy atom. The number of halogens is 2. The first-order chi connectivity index (χ1) is 15.4. The van der Waals surface area contributed by atoms with Crippen LogP contribution in [0.3, 0.4) is 0 Å². The number of allylic oxidation sites excluding steroid dienone is 4. The van der Waals surface area contributed by atoms with E-state index in [0.717, 1.165) is 53.5 Å². The highest BCUT2D eigenvalue weighted by Gasteiger charge is 2.25. The van der Waals surface area contributed by atoms with Gasteiger partial charge in [-0.25, -0.2) is 4.39 Å². The van der Waals surface area contributed by atoms with E-state index in [1.165, 1.54) is 0 Å². The maximum absolute atomic E-state index is 13.2. The molecule has 0 amide bonds. The van der Waals surface area contributed by atoms with E-state index in [0.29, 0.717) is 48.3 Å². The molecule has 0 bridgehead atoms. The lowest BCUT2D eigenvalue weighted by Crippen LogP contribution is -2.13. The van der Waals surface area contributed by atoms with Gasteiger partial charge in [0, 0.05) is 25.0 Å². The van der Waals surface area contributed by atoms with Gasteiger partial charge >= 0.3 is 0 Å². The van der Waals surface area contributed by atoms with Crippen molar-refractivity contribution in [2.75, 3.05) is 13.5 Å². The first-order valence-electron chi connectivity index (χ1n) is 11.9. The number of ether oxygens (including phenoxy) is 2. The van der Waals surface area contributed by atoms with E-state index in [9.17, 15) is 9.18 Å². The highest BCUT2D eigenvalue weighted by molar-refractivity contribution is 6.33. The van der Waals surface area contributed by atoms with Gasteiger partial charge in [-0.2, -0.15) is 0 Å². The van der Waals surface area contributed by atoms with Gasteiger partial charge in [-0.15, -0.1) is 0 Å². The lowest BCUT2D eigenvalue weighted by atomic mass is 9.87. The van der Waals surface area contributed by atoms with Gasteiger partial charge in [0.2, 0.25) is 6.86 Å². The number of carbonyl (C=O) groups excluding carboxylic acids is 1. The van der Waals surface area contributed by atoms with E-state index in [2.05, 4.69) is 32.1 Å². The average Bonchev–Trinajstić information content (AvgIpc) is 2.78. The Morgan fingerprint density at radius 2 is 2.03 bits per heavy atom. The molecule has 32 heavy (non-hydrogen) atoms. The molecule has 1 aliphatic carbocycles. The van der Waals surface area contributed by atoms with Gasteiger partial charge in [0.05, 0.1) is 11.1 Å². The van der Waals surface area contributed by atoms with Crippen LogP contribution in [0.1, 0.15) is 88.2 Å². The van der Waals surface area contributed by atoms with Crippen molar-refractivity contribution in [3.05, 3.63) is 51.1 Å². The molecule has 0 radical (unpaired) electrons. The molecule has 0 saturated heterocycles. The van der Waals surface area contributed by atoms with Gasteiger partial charge in [-0.1, -0.05) is 49.2 Å². The van der Waals surface area contributed by atoms with Crippen LogP contribution in [-0.4, -0.2) is 19.3 Å². The number of alkyl halides is 1. The summed E-state index contributed by atoms with van der Waals surface area (Å²) in [6, 6.07) is 0. The highest BCUT2D eigenvalue weighted by atomic mass is 35.5. The number of carbonyl (C=O) groups is 1. The molecule has 2 rings (SSSR count). The van der Waals surface area contributed by atoms with Crippen LogP contribution in [0.15, 0.2) is 23.8 Å². The number of benzene rings is 1. The Labute approximate surface area is 198 Å². The van der Waals surface area contributed by atoms with Gasteiger partial charge in [-0.05, 0) is 75.5 Å². The summed E-state index contributed by atoms with van der Waals surface area (Å²) in [6.45, 7) is 9.90. The van der Waals surface area contributed by atoms with Crippen molar-refractivity contribution < 1.29 is 18.7 Å². The first kappa shape index (κ1) is 26.6. The van der Waals surface area contributed by atoms with E-state index in [4.69, 9.17) is 21.1 Å². The normalized spacial score (nSPS) is 18.4. The van der Waals surface area contributed by atoms with Crippen LogP contribution in [0.25, 0.3) is 0 Å². The monoisotopic (exact) mass is 464 g/mol. The molecule has 1 fully saturated rings. The molecule has 0 spiro atoms. The summed E-state index contributed by atoms with van der Waals surface area (Å²) < 4.78 is 24.7. The van der Waals surface area contributed by atoms with Gasteiger partial charge in [-0.3, -0.25) is 4.79 Å². The quantitative estimate of drug-likeness (QED) is 0.313. The number of rotatable bonds is 11. The predicted octanol–water partition coefficient (Wildman–Crippen LogP) is 7.81. The van der Waals surface area contributed by atoms with Crippen molar-refractivity contribution in [2.45, 2.75) is 85.7 Å². The second-order valence-electron chi connectivity index (χ2n) is 8.50. The van der Waals surface area contributed by atoms with Crippen molar-refractivity contribution in [1.29, 1.82) is 0 Å². The van der Waals surface area contributed by atoms with Crippen LogP contribution in [-0.2, 0) is 22.4 Å². The average molecular weight is 465 g/mol. The molecular formula is C27H38ClFO3. The summed E-state index contributed by atoms with van der Waals surface area (Å²) in [6.07, 6.45) is 11.9. The summed E-state index contributed by atoms with van der Waals surface area (Å²) in [7, 11) is 0. The Morgan fingerprint density at radius 3 is 2.62 bits per heavy atom. The lowest BCUT2D eigenvalue weighted by Gasteiger charge is -2.26. The van der Waals surface area contributed by atoms with Crippen molar-refractivity contribution >= 4 is 17.4 Å². The second-order valence-corrected chi connectivity index (χ2v) is 8.88. The molecule has 3 nitrogen and oxygen atoms in total. The minimum absolute atomic E-state index is 0.0561. The summed E-state index contributed by atoms with van der Waals surface area (Å²) in [4.78, 5) is 11.7. The van der Waals surface area contributed by atoms with E-state index in [1.807, 2.05) is 20.8 Å². The van der Waals surface area contributed by atoms with Crippen molar-refractivity contribution in [3.63, 3.8) is 0 Å². The smallest absolute Gasteiger partial charge is 0.228 e. The lowest BCUT2D eigenvalue weighted by molar-refractivity contribution is -0.121. The third-order valence-electron chi connectivity index (χ3n) is 6.29. The van der Waals surface area contributed by atoms with Crippen LogP contribution >= 0.6 is 11.6 Å². The fourth-order valence-corrected chi connectivity index (χ4v) is 4.93. The maximum atomic E-state index is 13.2. The molecule has 0 aromatic heterocycles. The third kappa shape index (κ3) is 6.68. The summed E-state index contributed by atoms with van der Waals surface area (Å²) in [5, 5.41) is 0.463. The van der Waals surface area contributed by atoms with Gasteiger partial charge in [0.25, 0.3) is 0 Å². The Kier molecular flexibility index (Phi) is 10.9. The van der Waals surface area contributed by atoms with Gasteiger partial charge < -0.3 is 9.47 Å². The molecule has 0 N–H and O–H groups in total. The van der Waals surface area contributed by atoms with Crippen molar-refractivity contribution in [1.82, 2.24) is 0 Å². The molecular weight excluding hydrogens is 427 g/mol. The molecule has 1 aromatic rings. The van der Waals surface area contributed by atoms with Crippen molar-refractivity contribution in [3.8, 4) is 5.75 Å². The number of ketones is 1. The summed E-state index contributed by atoms with van der Waals surface area (Å²) >= 11 is 6.69. The van der Waals surface area contributed by atoms with Crippen LogP contribution in [0.5, 0.6) is 5.75 Å². The Hall–Kier alpha value is -1.65. The molecule has 2 unspecified atom stereocenters. The van der Waals surface area contributed by atoms with Crippen LogP contribution < -0.4 is 4.74 Å². The molecule has 0 aliphatic heterocycles. The number of Topliss-reactive ketones (excluding diaryl/α,β-unsaturated/α-hetero) is 1. The van der Waals surface area contributed by atoms with Gasteiger partial charge in [0.1, 0.15) is 11.5 Å². The summed E-state index contributed by atoms with van der Waals surface area (Å²) in [5.74, 6) is 1.12. The van der Waals surface area contributed by atoms with E-state index >= 15 is 0 Å². The predicted molar refractivity (Wildman–Crippen MR) is 130 cm³/mol. The molecule has 5 heteroatoms. The SMILES string of the molecule is CCOC(CC)c1c(C)c(Cl)c(OCF)c(C/C=C(C)/C=C/C2CCCC(=O)C2)c1CC. The minimum Gasteiger partial charge on any atom is -0.461 e. The van der Waals surface area contributed by atoms with Crippen molar-refractivity contribution in [2.24, 2.45) is 5.92 Å². The maximum Gasteiger partial charge on any atom is 0.228 e. The van der Waals surface area contributed by atoms with Crippen LogP contribution in [0, 0.1) is 12.8 Å². The Bertz CT molecular complexity index is 844. The summed E-state index contributed by atoms with van der Waals surface area (Å²) in [5.41, 5.74) is 5.16. The fraction of sp³-hybridized carbons (Fsp3) is 0.593. The zero-order valence-corrected chi connectivity index (χ0v) is 21.0. The first-order valence-corrected chi connectivity index (χ1v) is 12.3. The highest BCUT2D eigenvalue weighted by Crippen LogP contribution is 2.42. The van der Waals surface area contributed by atoms with E-state index < -0.39 is 6.86 Å². The number of hydrogen-bond acceptors (Lipinski definition) is 3. The third-order valence-corrected chi connectivity index (χ3v) is 6.74. The van der Waals surface area contributed by atoms with Crippen LogP contribution in [0.4, 0.5) is 4.39 Å². The van der Waals surface area contributed by atoms with Crippen LogP contribution in [0.2, 0.25) is 5.02 Å².